The molecule has 1 nitrogen and oxygen atoms in total. The van der Waals surface area contributed by atoms with Crippen molar-refractivity contribution in [3.05, 3.63) is 12.2 Å². The second-order valence-corrected chi connectivity index (χ2v) is 6.89. The summed E-state index contributed by atoms with van der Waals surface area (Å²) in [5, 5.41) is 0. The predicted molar refractivity (Wildman–Crippen MR) is 73.0 cm³/mol. The van der Waals surface area contributed by atoms with E-state index in [1.165, 1.54) is 44.1 Å². The zero-order valence-electron chi connectivity index (χ0n) is 12.0. The summed E-state index contributed by atoms with van der Waals surface area (Å²) in [6.45, 7) is 11.2. The average Bonchev–Trinajstić information content (AvgIpc) is 2.28. The van der Waals surface area contributed by atoms with E-state index in [1.54, 1.807) is 0 Å². The van der Waals surface area contributed by atoms with E-state index in [9.17, 15) is 0 Å². The summed E-state index contributed by atoms with van der Waals surface area (Å²) >= 11 is 0. The zero-order valence-corrected chi connectivity index (χ0v) is 12.0. The van der Waals surface area contributed by atoms with Crippen LogP contribution in [-0.2, 0) is 4.74 Å². The van der Waals surface area contributed by atoms with Crippen molar-refractivity contribution in [1.29, 1.82) is 0 Å². The predicted octanol–water partition coefficient (Wildman–Crippen LogP) is 4.57. The van der Waals surface area contributed by atoms with Crippen LogP contribution in [0.2, 0.25) is 0 Å². The minimum atomic E-state index is 0.0983. The Morgan fingerprint density at radius 1 is 1.24 bits per heavy atom. The monoisotopic (exact) mass is 236 g/mol. The van der Waals surface area contributed by atoms with Crippen molar-refractivity contribution in [2.45, 2.75) is 64.9 Å². The number of hydrogen-bond acceptors (Lipinski definition) is 1. The van der Waals surface area contributed by atoms with Crippen LogP contribution in [0.3, 0.4) is 0 Å². The Labute approximate surface area is 107 Å². The summed E-state index contributed by atoms with van der Waals surface area (Å²) in [5.74, 6) is 1.44. The van der Waals surface area contributed by atoms with E-state index < -0.39 is 0 Å². The topological polar surface area (TPSA) is 9.23 Å². The first-order valence-electron chi connectivity index (χ1n) is 7.12. The van der Waals surface area contributed by atoms with Gasteiger partial charge in [0.25, 0.3) is 0 Å². The lowest BCUT2D eigenvalue weighted by Crippen LogP contribution is -2.52. The number of fused-ring (bicyclic) bond motifs is 1. The second kappa shape index (κ2) is 4.42. The highest BCUT2D eigenvalue weighted by Crippen LogP contribution is 2.57. The third kappa shape index (κ3) is 2.19. The quantitative estimate of drug-likeness (QED) is 0.638. The zero-order chi connectivity index (χ0) is 12.7. The van der Waals surface area contributed by atoms with Crippen molar-refractivity contribution in [3.8, 4) is 0 Å². The molecule has 0 amide bonds. The highest BCUT2D eigenvalue weighted by atomic mass is 16.5. The molecule has 0 unspecified atom stereocenters. The van der Waals surface area contributed by atoms with Crippen LogP contribution in [0.5, 0.6) is 0 Å². The fourth-order valence-corrected chi connectivity index (χ4v) is 4.36. The van der Waals surface area contributed by atoms with Crippen molar-refractivity contribution < 1.29 is 4.74 Å². The smallest absolute Gasteiger partial charge is 0.0684 e. The maximum atomic E-state index is 5.91. The van der Waals surface area contributed by atoms with Gasteiger partial charge in [0.2, 0.25) is 0 Å². The number of ether oxygens (including phenoxy) is 1. The van der Waals surface area contributed by atoms with Gasteiger partial charge in [0.1, 0.15) is 0 Å². The largest absolute Gasteiger partial charge is 0.378 e. The Kier molecular flexibility index (Phi) is 3.42. The van der Waals surface area contributed by atoms with E-state index in [0.717, 1.165) is 5.92 Å². The molecule has 0 saturated heterocycles. The molecule has 1 heteroatoms. The standard InChI is InChI=1S/C16H28O/c1-12(2)13-7-10-15(3)8-6-9-16(4,17-5)14(15)11-13/h13-14H,1,6-11H2,2-5H3/t13-,14-,15-,16-/m1/s1. The first kappa shape index (κ1) is 13.1. The van der Waals surface area contributed by atoms with Crippen molar-refractivity contribution in [1.82, 2.24) is 0 Å². The van der Waals surface area contributed by atoms with Gasteiger partial charge >= 0.3 is 0 Å². The summed E-state index contributed by atoms with van der Waals surface area (Å²) in [7, 11) is 1.90. The van der Waals surface area contributed by atoms with E-state index in [4.69, 9.17) is 4.74 Å². The molecule has 2 aliphatic carbocycles. The molecule has 0 aromatic carbocycles. The summed E-state index contributed by atoms with van der Waals surface area (Å²) in [6.07, 6.45) is 7.92. The molecule has 2 fully saturated rings. The van der Waals surface area contributed by atoms with E-state index in [-0.39, 0.29) is 5.60 Å². The minimum absolute atomic E-state index is 0.0983. The number of methoxy groups -OCH3 is 1. The van der Waals surface area contributed by atoms with Gasteiger partial charge in [-0.05, 0) is 63.2 Å². The van der Waals surface area contributed by atoms with Crippen LogP contribution in [0, 0.1) is 17.3 Å². The fraction of sp³-hybridized carbons (Fsp3) is 0.875. The fourth-order valence-electron chi connectivity index (χ4n) is 4.36. The van der Waals surface area contributed by atoms with Crippen LogP contribution in [0.25, 0.3) is 0 Å². The third-order valence-corrected chi connectivity index (χ3v) is 5.75. The third-order valence-electron chi connectivity index (χ3n) is 5.75. The first-order valence-corrected chi connectivity index (χ1v) is 7.12. The molecule has 2 aliphatic rings. The maximum absolute atomic E-state index is 5.91. The summed E-state index contributed by atoms with van der Waals surface area (Å²) in [4.78, 5) is 0. The lowest BCUT2D eigenvalue weighted by molar-refractivity contribution is -0.141. The summed E-state index contributed by atoms with van der Waals surface area (Å²) in [6, 6.07) is 0. The molecule has 2 rings (SSSR count). The normalized spacial score (nSPS) is 46.4. The molecular weight excluding hydrogens is 208 g/mol. The lowest BCUT2D eigenvalue weighted by atomic mass is 9.53. The molecule has 98 valence electrons. The Hall–Kier alpha value is -0.300. The molecule has 0 heterocycles. The summed E-state index contributed by atoms with van der Waals surface area (Å²) < 4.78 is 5.91. The molecule has 0 N–H and O–H groups in total. The summed E-state index contributed by atoms with van der Waals surface area (Å²) in [5.41, 5.74) is 1.98. The Balaban J connectivity index is 2.23. The van der Waals surface area contributed by atoms with Gasteiger partial charge in [0, 0.05) is 7.11 Å². The average molecular weight is 236 g/mol. The maximum Gasteiger partial charge on any atom is 0.0684 e. The van der Waals surface area contributed by atoms with Gasteiger partial charge in [-0.2, -0.15) is 0 Å². The van der Waals surface area contributed by atoms with E-state index >= 15 is 0 Å². The molecule has 0 radical (unpaired) electrons. The molecule has 0 bridgehead atoms. The van der Waals surface area contributed by atoms with Crippen molar-refractivity contribution in [2.75, 3.05) is 7.11 Å². The van der Waals surface area contributed by atoms with Gasteiger partial charge in [-0.1, -0.05) is 25.5 Å². The van der Waals surface area contributed by atoms with Crippen LogP contribution in [0.1, 0.15) is 59.3 Å². The Morgan fingerprint density at radius 2 is 1.94 bits per heavy atom. The minimum Gasteiger partial charge on any atom is -0.378 e. The van der Waals surface area contributed by atoms with Crippen LogP contribution >= 0.6 is 0 Å². The van der Waals surface area contributed by atoms with Gasteiger partial charge in [0.15, 0.2) is 0 Å². The van der Waals surface area contributed by atoms with Gasteiger partial charge < -0.3 is 4.74 Å². The van der Waals surface area contributed by atoms with E-state index in [0.29, 0.717) is 11.3 Å². The second-order valence-electron chi connectivity index (χ2n) is 6.89. The number of hydrogen-bond donors (Lipinski definition) is 0. The van der Waals surface area contributed by atoms with Crippen LogP contribution in [0.15, 0.2) is 12.2 Å². The van der Waals surface area contributed by atoms with Crippen LogP contribution in [0.4, 0.5) is 0 Å². The highest BCUT2D eigenvalue weighted by molar-refractivity contribution is 5.08. The molecule has 4 atom stereocenters. The van der Waals surface area contributed by atoms with Gasteiger partial charge in [-0.15, -0.1) is 0 Å². The Bertz CT molecular complexity index is 299. The van der Waals surface area contributed by atoms with Crippen molar-refractivity contribution in [2.24, 2.45) is 17.3 Å². The van der Waals surface area contributed by atoms with Gasteiger partial charge in [-0.3, -0.25) is 0 Å². The molecule has 0 aliphatic heterocycles. The molecule has 17 heavy (non-hydrogen) atoms. The first-order chi connectivity index (χ1) is 7.91. The SMILES string of the molecule is C=C(C)[C@@H]1CC[C@@]2(C)CCC[C@@](C)(OC)[C@@H]2C1. The van der Waals surface area contributed by atoms with Crippen LogP contribution in [-0.4, -0.2) is 12.7 Å². The van der Waals surface area contributed by atoms with Gasteiger partial charge in [0.05, 0.1) is 5.60 Å². The number of allylic oxidation sites excluding steroid dienone is 1. The molecule has 0 aromatic heterocycles. The van der Waals surface area contributed by atoms with E-state index in [1.807, 2.05) is 7.11 Å². The van der Waals surface area contributed by atoms with Crippen molar-refractivity contribution in [3.63, 3.8) is 0 Å². The highest BCUT2D eigenvalue weighted by Gasteiger charge is 2.51. The molecule has 0 spiro atoms. The Morgan fingerprint density at radius 3 is 2.53 bits per heavy atom. The van der Waals surface area contributed by atoms with Crippen LogP contribution < -0.4 is 0 Å². The van der Waals surface area contributed by atoms with E-state index in [2.05, 4.69) is 27.4 Å². The van der Waals surface area contributed by atoms with Gasteiger partial charge in [-0.25, -0.2) is 0 Å². The lowest BCUT2D eigenvalue weighted by Gasteiger charge is -2.55. The molecule has 0 aromatic rings. The molecular formula is C16H28O. The molecule has 2 saturated carbocycles. The van der Waals surface area contributed by atoms with Crippen molar-refractivity contribution >= 4 is 0 Å². The number of rotatable bonds is 2.